The van der Waals surface area contributed by atoms with Gasteiger partial charge in [-0.05, 0) is 12.0 Å². The lowest BCUT2D eigenvalue weighted by Crippen LogP contribution is -2.21. The molecule has 0 N–H and O–H groups in total. The molecule has 0 radical (unpaired) electrons. The predicted octanol–water partition coefficient (Wildman–Crippen LogP) is 1.60. The molecule has 0 amide bonds. The van der Waals surface area contributed by atoms with Gasteiger partial charge in [-0.25, -0.2) is 0 Å². The second-order valence-electron chi connectivity index (χ2n) is 2.59. The Morgan fingerprint density at radius 1 is 1.64 bits per heavy atom. The Balaban J connectivity index is 1.89. The number of rotatable bonds is 2. The normalized spacial score (nSPS) is 25.1. The van der Waals surface area contributed by atoms with Crippen LogP contribution in [0.2, 0.25) is 0 Å². The van der Waals surface area contributed by atoms with Gasteiger partial charge in [0.1, 0.15) is 0 Å². The van der Waals surface area contributed by atoms with Crippen LogP contribution in [0.25, 0.3) is 0 Å². The molecule has 0 atom stereocenters. The van der Waals surface area contributed by atoms with Crippen molar-refractivity contribution in [2.75, 3.05) is 0 Å². The fraction of sp³-hybridized carbons (Fsp3) is 0.571. The first-order valence-corrected chi connectivity index (χ1v) is 4.24. The quantitative estimate of drug-likeness (QED) is 0.593. The summed E-state index contributed by atoms with van der Waals surface area (Å²) in [6.45, 7) is 0. The number of Topliss-reactive ketones (excluding diaryl/α,β-unsaturated/α-hetero) is 1. The maximum Gasteiger partial charge on any atom is 0.192 e. The van der Waals surface area contributed by atoms with Crippen molar-refractivity contribution >= 4 is 18.1 Å². The van der Waals surface area contributed by atoms with Crippen molar-refractivity contribution in [1.82, 2.24) is 0 Å². The summed E-state index contributed by atoms with van der Waals surface area (Å²) in [4.78, 5) is 11.1. The number of allylic oxidation sites excluding steroid dienone is 1. The largest absolute Gasteiger partial charge is 0.295 e. The van der Waals surface area contributed by atoms with E-state index < -0.39 is 0 Å². The summed E-state index contributed by atoms with van der Waals surface area (Å²) in [6, 6.07) is 0. The van der Waals surface area contributed by atoms with E-state index in [0.29, 0.717) is 12.8 Å². The fourth-order valence-electron chi connectivity index (χ4n) is 1.19. The van der Waals surface area contributed by atoms with E-state index in [1.165, 1.54) is 0 Å². The number of carbonyl (C=O) groups is 1. The molecule has 0 saturated carbocycles. The average Bonchev–Trinajstić information content (AvgIpc) is 2.27. The third-order valence-electron chi connectivity index (χ3n) is 1.80. The van der Waals surface area contributed by atoms with Crippen molar-refractivity contribution in [1.29, 1.82) is 0 Å². The molecule has 0 aromatic carbocycles. The SMILES string of the molecule is O=C1CCC=C1CC1OSO1. The minimum Gasteiger partial charge on any atom is -0.295 e. The molecule has 4 heteroatoms. The minimum absolute atomic E-state index is 0.187. The van der Waals surface area contributed by atoms with Crippen LogP contribution >= 0.6 is 12.3 Å². The maximum absolute atomic E-state index is 11.1. The number of carbonyl (C=O) groups excluding carboxylic acids is 1. The number of ketones is 1. The van der Waals surface area contributed by atoms with Gasteiger partial charge in [0.25, 0.3) is 0 Å². The number of hydrogen-bond donors (Lipinski definition) is 0. The Morgan fingerprint density at radius 3 is 2.91 bits per heavy atom. The Kier molecular flexibility index (Phi) is 1.98. The first-order chi connectivity index (χ1) is 5.36. The van der Waals surface area contributed by atoms with E-state index >= 15 is 0 Å². The minimum atomic E-state index is -0.187. The van der Waals surface area contributed by atoms with E-state index in [9.17, 15) is 4.79 Å². The zero-order chi connectivity index (χ0) is 7.68. The van der Waals surface area contributed by atoms with Crippen LogP contribution in [0.1, 0.15) is 19.3 Å². The van der Waals surface area contributed by atoms with Crippen molar-refractivity contribution in [2.24, 2.45) is 0 Å². The molecule has 3 nitrogen and oxygen atoms in total. The number of hydrogen-bond acceptors (Lipinski definition) is 4. The van der Waals surface area contributed by atoms with Crippen LogP contribution in [-0.4, -0.2) is 12.1 Å². The summed E-state index contributed by atoms with van der Waals surface area (Å²) in [5, 5.41) is 0. The highest BCUT2D eigenvalue weighted by Gasteiger charge is 2.26. The Morgan fingerprint density at radius 2 is 2.45 bits per heavy atom. The van der Waals surface area contributed by atoms with Gasteiger partial charge < -0.3 is 0 Å². The summed E-state index contributed by atoms with van der Waals surface area (Å²) in [6.07, 6.45) is 3.95. The molecule has 2 rings (SSSR count). The molecular weight excluding hydrogens is 164 g/mol. The molecule has 2 aliphatic rings. The highest BCUT2D eigenvalue weighted by Crippen LogP contribution is 2.31. The van der Waals surface area contributed by atoms with Gasteiger partial charge in [0, 0.05) is 12.8 Å². The van der Waals surface area contributed by atoms with E-state index in [1.807, 2.05) is 6.08 Å². The highest BCUT2D eigenvalue weighted by atomic mass is 32.2. The molecule has 0 spiro atoms. The second-order valence-corrected chi connectivity index (χ2v) is 3.11. The third-order valence-corrected chi connectivity index (χ3v) is 2.39. The van der Waals surface area contributed by atoms with Crippen molar-refractivity contribution in [2.45, 2.75) is 25.6 Å². The van der Waals surface area contributed by atoms with Crippen LogP contribution in [0.3, 0.4) is 0 Å². The van der Waals surface area contributed by atoms with Gasteiger partial charge in [-0.3, -0.25) is 13.2 Å². The summed E-state index contributed by atoms with van der Waals surface area (Å²) in [5.74, 6) is 0.245. The van der Waals surface area contributed by atoms with E-state index in [-0.39, 0.29) is 12.1 Å². The molecule has 0 aromatic rings. The van der Waals surface area contributed by atoms with E-state index in [1.54, 1.807) is 0 Å². The summed E-state index contributed by atoms with van der Waals surface area (Å²) in [7, 11) is 0. The van der Waals surface area contributed by atoms with Crippen molar-refractivity contribution in [3.63, 3.8) is 0 Å². The van der Waals surface area contributed by atoms with Crippen LogP contribution in [-0.2, 0) is 13.2 Å². The highest BCUT2D eigenvalue weighted by molar-refractivity contribution is 7.90. The maximum atomic E-state index is 11.1. The van der Waals surface area contributed by atoms with Crippen LogP contribution < -0.4 is 0 Å². The zero-order valence-corrected chi connectivity index (χ0v) is 6.73. The molecule has 1 aliphatic carbocycles. The third kappa shape index (κ3) is 1.47. The van der Waals surface area contributed by atoms with Crippen LogP contribution in [0, 0.1) is 0 Å². The molecule has 11 heavy (non-hydrogen) atoms. The summed E-state index contributed by atoms with van der Waals surface area (Å²) in [5.41, 5.74) is 0.871. The molecular formula is C7H8O3S. The molecule has 0 aromatic heterocycles. The molecule has 1 saturated heterocycles. The standard InChI is InChI=1S/C7H8O3S/c8-6-3-1-2-5(6)4-7-9-11-10-7/h2,7H,1,3-4H2. The van der Waals surface area contributed by atoms with Crippen molar-refractivity contribution < 1.29 is 13.2 Å². The average molecular weight is 172 g/mol. The molecule has 1 fully saturated rings. The van der Waals surface area contributed by atoms with Gasteiger partial charge in [0.15, 0.2) is 24.4 Å². The van der Waals surface area contributed by atoms with Crippen LogP contribution in [0.15, 0.2) is 11.6 Å². The smallest absolute Gasteiger partial charge is 0.192 e. The van der Waals surface area contributed by atoms with Gasteiger partial charge in [-0.2, -0.15) is 0 Å². The van der Waals surface area contributed by atoms with Crippen LogP contribution in [0.4, 0.5) is 0 Å². The van der Waals surface area contributed by atoms with Gasteiger partial charge in [0.05, 0.1) is 0 Å². The monoisotopic (exact) mass is 172 g/mol. The summed E-state index contributed by atoms with van der Waals surface area (Å²) >= 11 is 0.991. The van der Waals surface area contributed by atoms with E-state index in [0.717, 1.165) is 24.3 Å². The van der Waals surface area contributed by atoms with Gasteiger partial charge >= 0.3 is 0 Å². The first-order valence-electron chi connectivity index (χ1n) is 3.57. The Bertz CT molecular complexity index is 208. The zero-order valence-electron chi connectivity index (χ0n) is 5.91. The molecule has 60 valence electrons. The van der Waals surface area contributed by atoms with Gasteiger partial charge in [0.2, 0.25) is 0 Å². The van der Waals surface area contributed by atoms with Gasteiger partial charge in [-0.15, -0.1) is 0 Å². The van der Waals surface area contributed by atoms with E-state index in [2.05, 4.69) is 0 Å². The first kappa shape index (κ1) is 7.34. The summed E-state index contributed by atoms with van der Waals surface area (Å²) < 4.78 is 9.88. The second kappa shape index (κ2) is 2.97. The molecule has 1 aliphatic heterocycles. The topological polar surface area (TPSA) is 35.5 Å². The van der Waals surface area contributed by atoms with Crippen molar-refractivity contribution in [3.8, 4) is 0 Å². The van der Waals surface area contributed by atoms with Crippen molar-refractivity contribution in [3.05, 3.63) is 11.6 Å². The Labute approximate surface area is 69.2 Å². The van der Waals surface area contributed by atoms with E-state index in [4.69, 9.17) is 8.37 Å². The fourth-order valence-corrected chi connectivity index (χ4v) is 1.52. The Hall–Kier alpha value is -0.320. The lowest BCUT2D eigenvalue weighted by atomic mass is 10.1. The predicted molar refractivity (Wildman–Crippen MR) is 40.5 cm³/mol. The molecule has 1 heterocycles. The lowest BCUT2D eigenvalue weighted by molar-refractivity contribution is -0.116. The molecule has 0 unspecified atom stereocenters. The lowest BCUT2D eigenvalue weighted by Gasteiger charge is -2.22. The van der Waals surface area contributed by atoms with Gasteiger partial charge in [-0.1, -0.05) is 6.08 Å². The van der Waals surface area contributed by atoms with Crippen LogP contribution in [0.5, 0.6) is 0 Å². The molecule has 0 bridgehead atoms.